The number of hydrogen-bond acceptors (Lipinski definition) is 12. The fourth-order valence-corrected chi connectivity index (χ4v) is 5.63. The molecular formula is C42H95BBr5N5O12. The normalized spacial score (nSPS) is 13.8. The van der Waals surface area contributed by atoms with Crippen LogP contribution < -0.4 is 25.3 Å². The number of aliphatic carboxylic acids is 2. The molecule has 5 unspecified atom stereocenters. The van der Waals surface area contributed by atoms with E-state index in [1.54, 1.807) is 0 Å². The molecule has 0 aliphatic rings. The molecule has 0 radical (unpaired) electrons. The Labute approximate surface area is 439 Å². The van der Waals surface area contributed by atoms with Crippen molar-refractivity contribution >= 4 is 98.9 Å². The van der Waals surface area contributed by atoms with Crippen molar-refractivity contribution < 1.29 is 82.3 Å². The molecule has 0 aliphatic heterocycles. The van der Waals surface area contributed by atoms with Gasteiger partial charge in [-0.2, -0.15) is 47.4 Å². The number of carboxylic acid groups (broad SMARTS) is 2. The highest BCUT2D eigenvalue weighted by molar-refractivity contribution is 9.10. The van der Waals surface area contributed by atoms with Crippen LogP contribution in [0.25, 0.3) is 0 Å². The van der Waals surface area contributed by atoms with Crippen molar-refractivity contribution in [1.82, 2.24) is 0 Å². The summed E-state index contributed by atoms with van der Waals surface area (Å²) in [6.07, 6.45) is 5.04. The van der Waals surface area contributed by atoms with Gasteiger partial charge >= 0.3 is 0 Å². The smallest absolute Gasteiger partial charge is 0.171 e. The van der Waals surface area contributed by atoms with E-state index in [1.165, 1.54) is 0 Å². The molecule has 398 valence electrons. The van der Waals surface area contributed by atoms with Crippen molar-refractivity contribution in [3.8, 4) is 0 Å². The van der Waals surface area contributed by atoms with Crippen LogP contribution in [0.5, 0.6) is 0 Å². The van der Waals surface area contributed by atoms with Crippen molar-refractivity contribution in [3.05, 3.63) is 0 Å². The summed E-state index contributed by atoms with van der Waals surface area (Å²) in [6, 6.07) is 0. The van der Waals surface area contributed by atoms with Crippen molar-refractivity contribution in [2.45, 2.75) is 161 Å². The van der Waals surface area contributed by atoms with E-state index in [0.29, 0.717) is 23.2 Å². The predicted molar refractivity (Wildman–Crippen MR) is 273 cm³/mol. The highest BCUT2D eigenvalue weighted by atomic mass is 79.9. The Balaban J connectivity index is -0.000000123. The Kier molecular flexibility index (Phi) is 58.1. The van der Waals surface area contributed by atoms with Gasteiger partial charge < -0.3 is 34.9 Å². The fourth-order valence-electron chi connectivity index (χ4n) is 3.62. The van der Waals surface area contributed by atoms with Gasteiger partial charge in [-0.05, 0) is 101 Å². The van der Waals surface area contributed by atoms with Gasteiger partial charge in [-0.25, -0.2) is 0 Å². The second kappa shape index (κ2) is 47.2. The van der Waals surface area contributed by atoms with Crippen LogP contribution in [0.15, 0.2) is 0 Å². The Bertz CT molecular complexity index is 905. The molecule has 17 nitrogen and oxygen atoms in total. The zero-order valence-electron chi connectivity index (χ0n) is 44.1. The number of quaternary nitrogens is 5. The van der Waals surface area contributed by atoms with Gasteiger partial charge in [0.1, 0.15) is 65.4 Å². The van der Waals surface area contributed by atoms with E-state index >= 15 is 0 Å². The molecule has 23 heteroatoms. The van der Waals surface area contributed by atoms with E-state index in [1.807, 2.05) is 0 Å². The highest BCUT2D eigenvalue weighted by Gasteiger charge is 2.25. The summed E-state index contributed by atoms with van der Waals surface area (Å²) in [7, 11) is 7.59. The molecule has 5 atom stereocenters. The molecule has 0 bridgehead atoms. The van der Waals surface area contributed by atoms with Crippen LogP contribution in [-0.2, 0) is 33.8 Å². The van der Waals surface area contributed by atoms with Crippen LogP contribution in [0.2, 0.25) is 0 Å². The Hall–Kier alpha value is 0.885. The summed E-state index contributed by atoms with van der Waals surface area (Å²) >= 11 is 17.3. The molecule has 0 fully saturated rings. The summed E-state index contributed by atoms with van der Waals surface area (Å²) in [5, 5.41) is 44.0. The van der Waals surface area contributed by atoms with Gasteiger partial charge in [-0.3, -0.25) is 7.32 Å². The third-order valence-corrected chi connectivity index (χ3v) is 14.4. The SMILES string of the molecule is CCC(Br)O[N+](C)(CC)CC.CCC(Br)O[N+](C)(CC)CC.CCC(Br)O[N+](C)(CC)CC.CCC(Br)O[N+](C)(CC)CC.CCC(Br)O[N+](C)(CC)CC.O=C([O-])C(=O)[O-].[O-]B([O-])[O-]. The molecule has 0 aromatic heterocycles. The summed E-state index contributed by atoms with van der Waals surface area (Å²) in [4.78, 5) is 46.5. The average Bonchev–Trinajstić information content (AvgIpc) is 3.29. The molecule has 0 rings (SSSR count). The Morgan fingerprint density at radius 3 is 0.492 bits per heavy atom. The maximum Gasteiger partial charge on any atom is 0.171 e. The van der Waals surface area contributed by atoms with Crippen LogP contribution in [0, 0.1) is 0 Å². The van der Waals surface area contributed by atoms with E-state index in [9.17, 15) is 0 Å². The number of carbonyl (C=O) groups excluding carboxylic acids is 2. The zero-order chi connectivity index (χ0) is 53.3. The standard InChI is InChI=1S/5C8H19BrNO.C2H2O4.BO3/c5*1-5-8(9)11-10(4,6-2)7-3;3-1(4)2(5)6;2-1(3)4/h5*8H,5-7H2,1-4H3;(H,3,4)(H,5,6);/q5*+1;;-3/p-2. The first kappa shape index (κ1) is 80.0. The lowest BCUT2D eigenvalue weighted by Gasteiger charge is -2.35. The first-order valence-electron chi connectivity index (χ1n) is 23.0. The quantitative estimate of drug-likeness (QED) is 0.0381. The van der Waals surface area contributed by atoms with Gasteiger partial charge in [0.15, 0.2) is 25.1 Å². The number of hydrogen-bond donors (Lipinski definition) is 0. The molecule has 0 saturated carbocycles. The zero-order valence-corrected chi connectivity index (χ0v) is 52.0. The van der Waals surface area contributed by atoms with E-state index < -0.39 is 19.3 Å². The van der Waals surface area contributed by atoms with Crippen LogP contribution in [0.4, 0.5) is 0 Å². The second-order valence-electron chi connectivity index (χ2n) is 15.1. The fraction of sp³-hybridized carbons (Fsp3) is 0.952. The Morgan fingerprint density at radius 1 is 0.354 bits per heavy atom. The number of rotatable bonds is 25. The summed E-state index contributed by atoms with van der Waals surface area (Å²) in [5.74, 6) is -4.37. The molecule has 0 aromatic carbocycles. The second-order valence-corrected chi connectivity index (χ2v) is 20.2. The summed E-state index contributed by atoms with van der Waals surface area (Å²) in [6.45, 7) is 42.0. The van der Waals surface area contributed by atoms with Gasteiger partial charge in [0, 0.05) is 0 Å². The largest absolute Gasteiger partial charge is 0.907 e. The number of nitrogens with zero attached hydrogens (tertiary/aromatic N) is 5. The molecule has 0 N–H and O–H groups in total. The van der Waals surface area contributed by atoms with Crippen molar-refractivity contribution in [2.75, 3.05) is 101 Å². The maximum absolute atomic E-state index is 8.93. The first-order chi connectivity index (χ1) is 29.8. The number of alkyl halides is 5. The topological polar surface area (TPSA) is 196 Å². The molecule has 65 heavy (non-hydrogen) atoms. The van der Waals surface area contributed by atoms with Gasteiger partial charge in [0.25, 0.3) is 0 Å². The number of carboxylic acids is 2. The lowest BCUT2D eigenvalue weighted by molar-refractivity contribution is -1.09. The van der Waals surface area contributed by atoms with Crippen LogP contribution in [0.3, 0.4) is 0 Å². The van der Waals surface area contributed by atoms with Crippen LogP contribution >= 0.6 is 79.6 Å². The summed E-state index contributed by atoms with van der Waals surface area (Å²) in [5.41, 5.74) is 0. The maximum atomic E-state index is 8.93. The van der Waals surface area contributed by atoms with E-state index in [-0.39, 0.29) is 25.1 Å². The number of halogens is 5. The molecule has 0 aromatic rings. The Morgan fingerprint density at radius 2 is 0.446 bits per heavy atom. The summed E-state index contributed by atoms with van der Waals surface area (Å²) < 4.78 is 3.42. The minimum atomic E-state index is -2.92. The van der Waals surface area contributed by atoms with Gasteiger partial charge in [-0.1, -0.05) is 114 Å². The molecule has 0 saturated heterocycles. The minimum absolute atomic E-state index is 0.187. The molecule has 0 amide bonds. The van der Waals surface area contributed by atoms with E-state index in [2.05, 4.69) is 219 Å². The monoisotopic (exact) mass is 1270 g/mol. The molecule has 0 aliphatic carbocycles. The highest BCUT2D eigenvalue weighted by Crippen LogP contribution is 2.17. The van der Waals surface area contributed by atoms with Crippen LogP contribution in [0.1, 0.15) is 136 Å². The van der Waals surface area contributed by atoms with E-state index in [0.717, 1.165) is 97.6 Å². The average molecular weight is 1270 g/mol. The third-order valence-electron chi connectivity index (χ3n) is 10.3. The van der Waals surface area contributed by atoms with Gasteiger partial charge in [0.2, 0.25) is 0 Å². The lowest BCUT2D eigenvalue weighted by atomic mass is 10.3. The molecular weight excluding hydrogens is 1180 g/mol. The predicted octanol–water partition coefficient (Wildman–Crippen LogP) is 5.22. The molecule has 0 spiro atoms. The molecule has 0 heterocycles. The number of carbonyl (C=O) groups is 2. The van der Waals surface area contributed by atoms with Gasteiger partial charge in [0.05, 0.1) is 47.2 Å². The van der Waals surface area contributed by atoms with Crippen molar-refractivity contribution in [1.29, 1.82) is 0 Å². The first-order valence-corrected chi connectivity index (χ1v) is 27.6. The van der Waals surface area contributed by atoms with Crippen molar-refractivity contribution in [2.24, 2.45) is 0 Å². The van der Waals surface area contributed by atoms with Gasteiger partial charge in [-0.15, -0.1) is 0 Å². The number of hydroxylamine groups is 15. The van der Waals surface area contributed by atoms with Crippen LogP contribution in [-0.4, -0.2) is 168 Å². The van der Waals surface area contributed by atoms with E-state index in [4.69, 9.17) is 59.1 Å². The third kappa shape index (κ3) is 52.5. The van der Waals surface area contributed by atoms with Crippen molar-refractivity contribution in [3.63, 3.8) is 0 Å². The lowest BCUT2D eigenvalue weighted by Crippen LogP contribution is -2.56. The minimum Gasteiger partial charge on any atom is -0.907 e.